The van der Waals surface area contributed by atoms with Crippen LogP contribution in [0.2, 0.25) is 0 Å². The molecule has 112 valence electrons. The summed E-state index contributed by atoms with van der Waals surface area (Å²) in [6.07, 6.45) is -4.46. The van der Waals surface area contributed by atoms with Gasteiger partial charge in [-0.15, -0.1) is 0 Å². The topological polar surface area (TPSA) is 29.5 Å². The Kier molecular flexibility index (Phi) is 4.34. The lowest BCUT2D eigenvalue weighted by atomic mass is 9.86. The van der Waals surface area contributed by atoms with Crippen molar-refractivity contribution in [2.24, 2.45) is 0 Å². The molecule has 0 aromatic heterocycles. The van der Waals surface area contributed by atoms with Gasteiger partial charge in [-0.3, -0.25) is 0 Å². The van der Waals surface area contributed by atoms with Gasteiger partial charge in [0.2, 0.25) is 0 Å². The number of hydrogen-bond acceptors (Lipinski definition) is 2. The van der Waals surface area contributed by atoms with E-state index < -0.39 is 17.3 Å². The SMILES string of the molecule is COCC(O)(c1ccccc1)c1cccc(C(F)(F)F)c1. The summed E-state index contributed by atoms with van der Waals surface area (Å²) >= 11 is 0. The Morgan fingerprint density at radius 2 is 1.48 bits per heavy atom. The van der Waals surface area contributed by atoms with Crippen molar-refractivity contribution in [2.45, 2.75) is 11.8 Å². The number of methoxy groups -OCH3 is 1. The van der Waals surface area contributed by atoms with Gasteiger partial charge in [0, 0.05) is 7.11 Å². The van der Waals surface area contributed by atoms with Crippen LogP contribution < -0.4 is 0 Å². The number of alkyl halides is 3. The number of rotatable bonds is 4. The predicted octanol–water partition coefficient (Wildman–Crippen LogP) is 3.59. The molecule has 0 saturated heterocycles. The molecular formula is C16H15F3O2. The highest BCUT2D eigenvalue weighted by Crippen LogP contribution is 2.35. The Morgan fingerprint density at radius 3 is 2.05 bits per heavy atom. The standard InChI is InChI=1S/C16H15F3O2/c1-21-11-15(20,12-6-3-2-4-7-12)13-8-5-9-14(10-13)16(17,18)19/h2-10,20H,11H2,1H3. The largest absolute Gasteiger partial charge is 0.416 e. The van der Waals surface area contributed by atoms with E-state index in [4.69, 9.17) is 4.74 Å². The fourth-order valence-electron chi connectivity index (χ4n) is 2.21. The number of benzene rings is 2. The minimum atomic E-state index is -4.46. The van der Waals surface area contributed by atoms with Gasteiger partial charge in [-0.25, -0.2) is 0 Å². The zero-order valence-corrected chi connectivity index (χ0v) is 11.4. The van der Waals surface area contributed by atoms with Crippen LogP contribution in [-0.4, -0.2) is 18.8 Å². The average Bonchev–Trinajstić information content (AvgIpc) is 2.47. The molecule has 21 heavy (non-hydrogen) atoms. The normalized spacial score (nSPS) is 14.7. The van der Waals surface area contributed by atoms with E-state index in [0.717, 1.165) is 12.1 Å². The van der Waals surface area contributed by atoms with Crippen molar-refractivity contribution in [1.82, 2.24) is 0 Å². The van der Waals surface area contributed by atoms with Crippen molar-refractivity contribution in [3.63, 3.8) is 0 Å². The molecule has 1 atom stereocenters. The molecule has 0 bridgehead atoms. The summed E-state index contributed by atoms with van der Waals surface area (Å²) < 4.78 is 43.5. The summed E-state index contributed by atoms with van der Waals surface area (Å²) in [6, 6.07) is 13.2. The molecule has 0 spiro atoms. The monoisotopic (exact) mass is 296 g/mol. The van der Waals surface area contributed by atoms with Crippen LogP contribution in [-0.2, 0) is 16.5 Å². The minimum absolute atomic E-state index is 0.141. The van der Waals surface area contributed by atoms with Crippen molar-refractivity contribution in [2.75, 3.05) is 13.7 Å². The third-order valence-electron chi connectivity index (χ3n) is 3.27. The second-order valence-corrected chi connectivity index (χ2v) is 4.74. The van der Waals surface area contributed by atoms with E-state index in [-0.39, 0.29) is 12.2 Å². The first-order chi connectivity index (χ1) is 9.88. The summed E-state index contributed by atoms with van der Waals surface area (Å²) in [4.78, 5) is 0. The Labute approximate surface area is 120 Å². The van der Waals surface area contributed by atoms with Crippen LogP contribution in [0.5, 0.6) is 0 Å². The molecule has 0 amide bonds. The van der Waals surface area contributed by atoms with Crippen LogP contribution in [0.15, 0.2) is 54.6 Å². The first-order valence-electron chi connectivity index (χ1n) is 6.32. The molecule has 0 aliphatic carbocycles. The smallest absolute Gasteiger partial charge is 0.381 e. The lowest BCUT2D eigenvalue weighted by molar-refractivity contribution is -0.137. The van der Waals surface area contributed by atoms with Crippen LogP contribution in [0, 0.1) is 0 Å². The van der Waals surface area contributed by atoms with Crippen LogP contribution in [0.25, 0.3) is 0 Å². The Bertz CT molecular complexity index is 596. The third-order valence-corrected chi connectivity index (χ3v) is 3.27. The maximum Gasteiger partial charge on any atom is 0.416 e. The fraction of sp³-hybridized carbons (Fsp3) is 0.250. The van der Waals surface area contributed by atoms with Gasteiger partial charge in [-0.2, -0.15) is 13.2 Å². The van der Waals surface area contributed by atoms with E-state index in [0.29, 0.717) is 5.56 Å². The molecule has 0 fully saturated rings. The van der Waals surface area contributed by atoms with Crippen molar-refractivity contribution >= 4 is 0 Å². The Balaban J connectivity index is 2.53. The first-order valence-corrected chi connectivity index (χ1v) is 6.32. The van der Waals surface area contributed by atoms with Gasteiger partial charge in [-0.05, 0) is 23.3 Å². The molecule has 5 heteroatoms. The average molecular weight is 296 g/mol. The third kappa shape index (κ3) is 3.25. The molecule has 0 aliphatic heterocycles. The Morgan fingerprint density at radius 1 is 0.905 bits per heavy atom. The zero-order valence-electron chi connectivity index (χ0n) is 11.4. The van der Waals surface area contributed by atoms with E-state index in [9.17, 15) is 18.3 Å². The maximum absolute atomic E-state index is 12.8. The lowest BCUT2D eigenvalue weighted by Crippen LogP contribution is -2.33. The van der Waals surface area contributed by atoms with E-state index >= 15 is 0 Å². The summed E-state index contributed by atoms with van der Waals surface area (Å²) in [5.74, 6) is 0. The van der Waals surface area contributed by atoms with Crippen molar-refractivity contribution in [3.05, 3.63) is 71.3 Å². The Hall–Kier alpha value is -1.85. The fourth-order valence-corrected chi connectivity index (χ4v) is 2.21. The highest BCUT2D eigenvalue weighted by Gasteiger charge is 2.35. The molecule has 0 heterocycles. The number of ether oxygens (including phenoxy) is 1. The summed E-state index contributed by atoms with van der Waals surface area (Å²) in [5, 5.41) is 10.9. The minimum Gasteiger partial charge on any atom is -0.381 e. The van der Waals surface area contributed by atoms with Crippen LogP contribution in [0.4, 0.5) is 13.2 Å². The van der Waals surface area contributed by atoms with Crippen molar-refractivity contribution in [3.8, 4) is 0 Å². The van der Waals surface area contributed by atoms with Gasteiger partial charge in [0.1, 0.15) is 5.60 Å². The van der Waals surface area contributed by atoms with E-state index in [2.05, 4.69) is 0 Å². The van der Waals surface area contributed by atoms with E-state index in [1.807, 2.05) is 0 Å². The quantitative estimate of drug-likeness (QED) is 0.934. The van der Waals surface area contributed by atoms with Crippen LogP contribution >= 0.6 is 0 Å². The molecule has 0 radical (unpaired) electrons. The van der Waals surface area contributed by atoms with Crippen LogP contribution in [0.3, 0.4) is 0 Å². The number of halogens is 3. The summed E-state index contributed by atoms with van der Waals surface area (Å²) in [7, 11) is 1.39. The summed E-state index contributed by atoms with van der Waals surface area (Å²) in [6.45, 7) is -0.141. The molecule has 2 aromatic rings. The zero-order chi connectivity index (χ0) is 15.5. The highest BCUT2D eigenvalue weighted by atomic mass is 19.4. The molecule has 0 aliphatic rings. The van der Waals surface area contributed by atoms with E-state index in [1.54, 1.807) is 30.3 Å². The number of hydrogen-bond donors (Lipinski definition) is 1. The van der Waals surface area contributed by atoms with Gasteiger partial charge in [0.05, 0.1) is 12.2 Å². The van der Waals surface area contributed by atoms with Crippen molar-refractivity contribution < 1.29 is 23.0 Å². The van der Waals surface area contributed by atoms with Crippen LogP contribution in [0.1, 0.15) is 16.7 Å². The molecule has 0 saturated carbocycles. The van der Waals surface area contributed by atoms with Gasteiger partial charge < -0.3 is 9.84 Å². The molecule has 2 rings (SSSR count). The van der Waals surface area contributed by atoms with Gasteiger partial charge in [0.25, 0.3) is 0 Å². The molecule has 1 unspecified atom stereocenters. The van der Waals surface area contributed by atoms with E-state index in [1.165, 1.54) is 19.2 Å². The molecule has 1 N–H and O–H groups in total. The first kappa shape index (κ1) is 15.5. The molecule has 2 aromatic carbocycles. The van der Waals surface area contributed by atoms with Gasteiger partial charge in [0.15, 0.2) is 0 Å². The lowest BCUT2D eigenvalue weighted by Gasteiger charge is -2.29. The van der Waals surface area contributed by atoms with Crippen molar-refractivity contribution in [1.29, 1.82) is 0 Å². The summed E-state index contributed by atoms with van der Waals surface area (Å²) in [5.41, 5.74) is -1.81. The van der Waals surface area contributed by atoms with Gasteiger partial charge in [-0.1, -0.05) is 42.5 Å². The molecular weight excluding hydrogens is 281 g/mol. The second kappa shape index (κ2) is 5.87. The second-order valence-electron chi connectivity index (χ2n) is 4.74. The highest BCUT2D eigenvalue weighted by molar-refractivity contribution is 5.38. The van der Waals surface area contributed by atoms with Gasteiger partial charge >= 0.3 is 6.18 Å². The molecule has 2 nitrogen and oxygen atoms in total. The number of aliphatic hydroxyl groups is 1. The maximum atomic E-state index is 12.8. The predicted molar refractivity (Wildman–Crippen MR) is 72.8 cm³/mol.